The highest BCUT2D eigenvalue weighted by Crippen LogP contribution is 2.24. The van der Waals surface area contributed by atoms with E-state index in [1.165, 1.54) is 16.8 Å². The van der Waals surface area contributed by atoms with Crippen molar-refractivity contribution < 1.29 is 4.79 Å². The first-order valence-electron chi connectivity index (χ1n) is 8.73. The minimum atomic E-state index is -0.234. The zero-order chi connectivity index (χ0) is 19.6. The van der Waals surface area contributed by atoms with Crippen molar-refractivity contribution in [2.24, 2.45) is 5.10 Å². The van der Waals surface area contributed by atoms with Crippen LogP contribution in [-0.4, -0.2) is 16.7 Å². The number of benzene rings is 2. The molecule has 3 aromatic rings. The van der Waals surface area contributed by atoms with Crippen molar-refractivity contribution in [2.45, 2.75) is 27.7 Å². The SMILES string of the molecule is Cc1cccc(-n2c(C)cc(/C=N\NC(=O)c3ccc(Br)cc3)c2C)c1C. The summed E-state index contributed by atoms with van der Waals surface area (Å²) in [6, 6.07) is 15.6. The fourth-order valence-electron chi connectivity index (χ4n) is 3.09. The van der Waals surface area contributed by atoms with Crippen LogP contribution in [0.2, 0.25) is 0 Å². The second-order valence-electron chi connectivity index (χ2n) is 6.59. The summed E-state index contributed by atoms with van der Waals surface area (Å²) < 4.78 is 3.15. The van der Waals surface area contributed by atoms with Gasteiger partial charge in [0.2, 0.25) is 0 Å². The quantitative estimate of drug-likeness (QED) is 0.452. The highest BCUT2D eigenvalue weighted by molar-refractivity contribution is 9.10. The van der Waals surface area contributed by atoms with Crippen LogP contribution in [0.15, 0.2) is 58.1 Å². The van der Waals surface area contributed by atoms with E-state index in [2.05, 4.69) is 83.0 Å². The van der Waals surface area contributed by atoms with Crippen molar-refractivity contribution in [3.8, 4) is 5.69 Å². The average Bonchev–Trinajstić information content (AvgIpc) is 2.92. The lowest BCUT2D eigenvalue weighted by atomic mass is 10.1. The molecule has 1 heterocycles. The van der Waals surface area contributed by atoms with Gasteiger partial charge in [-0.3, -0.25) is 4.79 Å². The van der Waals surface area contributed by atoms with Crippen LogP contribution in [0.5, 0.6) is 0 Å². The van der Waals surface area contributed by atoms with Crippen LogP contribution >= 0.6 is 15.9 Å². The van der Waals surface area contributed by atoms with E-state index in [1.807, 2.05) is 12.1 Å². The molecule has 0 aliphatic heterocycles. The number of aryl methyl sites for hydroxylation is 2. The Morgan fingerprint density at radius 3 is 2.48 bits per heavy atom. The highest BCUT2D eigenvalue weighted by atomic mass is 79.9. The van der Waals surface area contributed by atoms with Crippen molar-refractivity contribution in [2.75, 3.05) is 0 Å². The van der Waals surface area contributed by atoms with Gasteiger partial charge in [0.15, 0.2) is 0 Å². The molecule has 3 rings (SSSR count). The van der Waals surface area contributed by atoms with E-state index in [0.717, 1.165) is 21.4 Å². The Hall–Kier alpha value is -2.66. The molecule has 0 atom stereocenters. The summed E-state index contributed by atoms with van der Waals surface area (Å²) in [6.07, 6.45) is 1.70. The van der Waals surface area contributed by atoms with Crippen molar-refractivity contribution >= 4 is 28.1 Å². The molecule has 0 fully saturated rings. The number of nitrogens with zero attached hydrogens (tertiary/aromatic N) is 2. The molecule has 0 bridgehead atoms. The predicted molar refractivity (Wildman–Crippen MR) is 114 cm³/mol. The van der Waals surface area contributed by atoms with Gasteiger partial charge in [-0.25, -0.2) is 5.43 Å². The van der Waals surface area contributed by atoms with E-state index in [9.17, 15) is 4.79 Å². The van der Waals surface area contributed by atoms with Gasteiger partial charge >= 0.3 is 0 Å². The van der Waals surface area contributed by atoms with Gasteiger partial charge < -0.3 is 4.57 Å². The number of rotatable bonds is 4. The van der Waals surface area contributed by atoms with Gasteiger partial charge in [0.25, 0.3) is 5.91 Å². The van der Waals surface area contributed by atoms with Gasteiger partial charge in [0.1, 0.15) is 0 Å². The van der Waals surface area contributed by atoms with Gasteiger partial charge in [-0.05, 0) is 75.2 Å². The second kappa shape index (κ2) is 7.92. The smallest absolute Gasteiger partial charge is 0.271 e. The third-order valence-electron chi connectivity index (χ3n) is 4.76. The molecule has 0 aliphatic carbocycles. The lowest BCUT2D eigenvalue weighted by molar-refractivity contribution is 0.0955. The Morgan fingerprint density at radius 1 is 1.07 bits per heavy atom. The zero-order valence-electron chi connectivity index (χ0n) is 15.9. The number of hydrogen-bond donors (Lipinski definition) is 1. The summed E-state index contributed by atoms with van der Waals surface area (Å²) >= 11 is 3.36. The van der Waals surface area contributed by atoms with Crippen LogP contribution in [0.25, 0.3) is 5.69 Å². The molecule has 1 N–H and O–H groups in total. The number of carbonyl (C=O) groups excluding carboxylic acids is 1. The zero-order valence-corrected chi connectivity index (χ0v) is 17.5. The first-order chi connectivity index (χ1) is 12.9. The Bertz CT molecular complexity index is 1020. The normalized spacial score (nSPS) is 11.1. The fraction of sp³-hybridized carbons (Fsp3) is 0.182. The number of hydrogen-bond acceptors (Lipinski definition) is 2. The Balaban J connectivity index is 1.82. The van der Waals surface area contributed by atoms with E-state index in [0.29, 0.717) is 5.56 Å². The standard InChI is InChI=1S/C22H22BrN3O/c1-14-6-5-7-21(16(14)3)26-15(2)12-19(17(26)4)13-24-25-22(27)18-8-10-20(23)11-9-18/h5-13H,1-4H3,(H,25,27)/b24-13-. The van der Waals surface area contributed by atoms with Gasteiger partial charge in [0, 0.05) is 32.7 Å². The summed E-state index contributed by atoms with van der Waals surface area (Å²) in [5.41, 5.74) is 10.0. The fourth-order valence-corrected chi connectivity index (χ4v) is 3.36. The van der Waals surface area contributed by atoms with Crippen molar-refractivity contribution in [3.05, 3.63) is 86.6 Å². The van der Waals surface area contributed by atoms with Gasteiger partial charge in [0.05, 0.1) is 6.21 Å². The van der Waals surface area contributed by atoms with Crippen LogP contribution in [0.4, 0.5) is 0 Å². The largest absolute Gasteiger partial charge is 0.318 e. The minimum Gasteiger partial charge on any atom is -0.318 e. The Labute approximate surface area is 168 Å². The summed E-state index contributed by atoms with van der Waals surface area (Å²) in [6.45, 7) is 8.39. The predicted octanol–water partition coefficient (Wildman–Crippen LogP) is 5.24. The number of halogens is 1. The van der Waals surface area contributed by atoms with Crippen LogP contribution in [-0.2, 0) is 0 Å². The molecule has 5 heteroatoms. The van der Waals surface area contributed by atoms with E-state index in [4.69, 9.17) is 0 Å². The molecule has 0 spiro atoms. The third kappa shape index (κ3) is 4.03. The monoisotopic (exact) mass is 423 g/mol. The molecular formula is C22H22BrN3O. The number of aromatic nitrogens is 1. The molecule has 0 saturated heterocycles. The molecule has 0 saturated carbocycles. The summed E-state index contributed by atoms with van der Waals surface area (Å²) in [4.78, 5) is 12.2. The maximum absolute atomic E-state index is 12.2. The maximum Gasteiger partial charge on any atom is 0.271 e. The molecule has 1 amide bonds. The molecule has 1 aromatic heterocycles. The Morgan fingerprint density at radius 2 is 1.78 bits per heavy atom. The molecular weight excluding hydrogens is 402 g/mol. The molecule has 138 valence electrons. The second-order valence-corrected chi connectivity index (χ2v) is 7.50. The lowest BCUT2D eigenvalue weighted by Gasteiger charge is -2.14. The maximum atomic E-state index is 12.2. The molecule has 2 aromatic carbocycles. The van der Waals surface area contributed by atoms with Crippen LogP contribution < -0.4 is 5.43 Å². The van der Waals surface area contributed by atoms with Gasteiger partial charge in [-0.2, -0.15) is 5.10 Å². The number of nitrogens with one attached hydrogen (secondary N) is 1. The molecule has 0 radical (unpaired) electrons. The summed E-state index contributed by atoms with van der Waals surface area (Å²) in [7, 11) is 0. The topological polar surface area (TPSA) is 46.4 Å². The highest BCUT2D eigenvalue weighted by Gasteiger charge is 2.12. The van der Waals surface area contributed by atoms with Crippen molar-refractivity contribution in [1.82, 2.24) is 9.99 Å². The lowest BCUT2D eigenvalue weighted by Crippen LogP contribution is -2.17. The van der Waals surface area contributed by atoms with Crippen LogP contribution in [0, 0.1) is 27.7 Å². The minimum absolute atomic E-state index is 0.234. The number of amides is 1. The van der Waals surface area contributed by atoms with Crippen LogP contribution in [0.1, 0.15) is 38.4 Å². The summed E-state index contributed by atoms with van der Waals surface area (Å²) in [5, 5.41) is 4.14. The number of hydrazone groups is 1. The van der Waals surface area contributed by atoms with Crippen molar-refractivity contribution in [3.63, 3.8) is 0 Å². The van der Waals surface area contributed by atoms with Crippen molar-refractivity contribution in [1.29, 1.82) is 0 Å². The van der Waals surface area contributed by atoms with Crippen LogP contribution in [0.3, 0.4) is 0 Å². The first-order valence-corrected chi connectivity index (χ1v) is 9.52. The van der Waals surface area contributed by atoms with Gasteiger partial charge in [-0.15, -0.1) is 0 Å². The van der Waals surface area contributed by atoms with E-state index in [1.54, 1.807) is 18.3 Å². The first kappa shape index (κ1) is 19.1. The number of carbonyl (C=O) groups is 1. The van der Waals surface area contributed by atoms with E-state index >= 15 is 0 Å². The van der Waals surface area contributed by atoms with Gasteiger partial charge in [-0.1, -0.05) is 28.1 Å². The van der Waals surface area contributed by atoms with E-state index < -0.39 is 0 Å². The molecule has 27 heavy (non-hydrogen) atoms. The Kier molecular flexibility index (Phi) is 5.61. The molecule has 0 unspecified atom stereocenters. The summed E-state index contributed by atoms with van der Waals surface area (Å²) in [5.74, 6) is -0.234. The molecule has 4 nitrogen and oxygen atoms in total. The third-order valence-corrected chi connectivity index (χ3v) is 5.29. The van der Waals surface area contributed by atoms with E-state index in [-0.39, 0.29) is 5.91 Å². The average molecular weight is 424 g/mol. The molecule has 0 aliphatic rings.